The van der Waals surface area contributed by atoms with Crippen molar-refractivity contribution >= 4 is 0 Å². The van der Waals surface area contributed by atoms with Crippen LogP contribution in [-0.4, -0.2) is 25.4 Å². The van der Waals surface area contributed by atoms with Crippen molar-refractivity contribution in [2.24, 2.45) is 5.73 Å². The van der Waals surface area contributed by atoms with Crippen LogP contribution in [-0.2, 0) is 11.2 Å². The largest absolute Gasteiger partial charge is 0.491 e. The van der Waals surface area contributed by atoms with E-state index in [-0.39, 0.29) is 5.54 Å². The summed E-state index contributed by atoms with van der Waals surface area (Å²) in [6.07, 6.45) is 0.979. The van der Waals surface area contributed by atoms with Crippen LogP contribution in [0.3, 0.4) is 0 Å². The molecule has 1 rings (SSSR count). The molecule has 0 radical (unpaired) electrons. The van der Waals surface area contributed by atoms with Gasteiger partial charge in [0, 0.05) is 5.54 Å². The molecule has 0 atom stereocenters. The van der Waals surface area contributed by atoms with Gasteiger partial charge in [-0.15, -0.1) is 0 Å². The number of hydrogen-bond donors (Lipinski definition) is 1. The number of para-hydroxylation sites is 1. The molecule has 17 heavy (non-hydrogen) atoms. The Morgan fingerprint density at radius 3 is 2.53 bits per heavy atom. The van der Waals surface area contributed by atoms with E-state index in [1.807, 2.05) is 32.0 Å². The Labute approximate surface area is 104 Å². The average Bonchev–Trinajstić information content (AvgIpc) is 2.27. The normalized spacial score (nSPS) is 11.5. The summed E-state index contributed by atoms with van der Waals surface area (Å²) in [4.78, 5) is 0. The standard InChI is InChI=1S/C14H23NO2/c1-4-12-7-5-6-8-13(12)17-10-9-16-11-14(2,3)15/h5-8H,4,9-11,15H2,1-3H3. The maximum atomic E-state index is 5.81. The topological polar surface area (TPSA) is 44.5 Å². The van der Waals surface area contributed by atoms with Crippen LogP contribution in [0.25, 0.3) is 0 Å². The SMILES string of the molecule is CCc1ccccc1OCCOCC(C)(C)N. The van der Waals surface area contributed by atoms with Crippen molar-refractivity contribution in [2.75, 3.05) is 19.8 Å². The van der Waals surface area contributed by atoms with Crippen molar-refractivity contribution in [3.05, 3.63) is 29.8 Å². The van der Waals surface area contributed by atoms with Gasteiger partial charge in [-0.25, -0.2) is 0 Å². The minimum Gasteiger partial charge on any atom is -0.491 e. The molecule has 0 amide bonds. The molecule has 0 spiro atoms. The van der Waals surface area contributed by atoms with E-state index >= 15 is 0 Å². The first-order valence-electron chi connectivity index (χ1n) is 6.10. The number of hydrogen-bond acceptors (Lipinski definition) is 3. The number of ether oxygens (including phenoxy) is 2. The highest BCUT2D eigenvalue weighted by Crippen LogP contribution is 2.17. The molecule has 3 heteroatoms. The summed E-state index contributed by atoms with van der Waals surface area (Å²) in [7, 11) is 0. The fraction of sp³-hybridized carbons (Fsp3) is 0.571. The Morgan fingerprint density at radius 2 is 1.88 bits per heavy atom. The van der Waals surface area contributed by atoms with Crippen LogP contribution in [0, 0.1) is 0 Å². The highest BCUT2D eigenvalue weighted by Gasteiger charge is 2.10. The Hall–Kier alpha value is -1.06. The van der Waals surface area contributed by atoms with E-state index in [2.05, 4.69) is 13.0 Å². The highest BCUT2D eigenvalue weighted by atomic mass is 16.5. The molecular weight excluding hydrogens is 214 g/mol. The van der Waals surface area contributed by atoms with Crippen LogP contribution in [0.15, 0.2) is 24.3 Å². The molecule has 0 aliphatic rings. The Kier molecular flexibility index (Phi) is 5.45. The Bertz CT molecular complexity index is 331. The zero-order chi connectivity index (χ0) is 12.7. The first-order chi connectivity index (χ1) is 8.03. The first kappa shape index (κ1) is 14.0. The van der Waals surface area contributed by atoms with Crippen LogP contribution >= 0.6 is 0 Å². The Balaban J connectivity index is 2.27. The monoisotopic (exact) mass is 237 g/mol. The van der Waals surface area contributed by atoms with Crippen molar-refractivity contribution in [1.82, 2.24) is 0 Å². The maximum absolute atomic E-state index is 5.81. The second kappa shape index (κ2) is 6.62. The lowest BCUT2D eigenvalue weighted by atomic mass is 10.1. The molecular formula is C14H23NO2. The zero-order valence-electron chi connectivity index (χ0n) is 11.0. The van der Waals surface area contributed by atoms with Crippen molar-refractivity contribution in [3.63, 3.8) is 0 Å². The van der Waals surface area contributed by atoms with Crippen LogP contribution in [0.4, 0.5) is 0 Å². The number of rotatable bonds is 7. The molecule has 0 saturated carbocycles. The molecule has 0 aliphatic carbocycles. The van der Waals surface area contributed by atoms with E-state index in [9.17, 15) is 0 Å². The van der Waals surface area contributed by atoms with Gasteiger partial charge in [-0.1, -0.05) is 25.1 Å². The number of aryl methyl sites for hydroxylation is 1. The molecule has 96 valence electrons. The summed E-state index contributed by atoms with van der Waals surface area (Å²) in [5, 5.41) is 0. The zero-order valence-corrected chi connectivity index (χ0v) is 11.0. The fourth-order valence-corrected chi connectivity index (χ4v) is 1.48. The minimum absolute atomic E-state index is 0.276. The maximum Gasteiger partial charge on any atom is 0.122 e. The fourth-order valence-electron chi connectivity index (χ4n) is 1.48. The van der Waals surface area contributed by atoms with Gasteiger partial charge in [0.1, 0.15) is 12.4 Å². The van der Waals surface area contributed by atoms with Gasteiger partial charge < -0.3 is 15.2 Å². The summed E-state index contributed by atoms with van der Waals surface area (Å²) < 4.78 is 11.1. The molecule has 0 saturated heterocycles. The van der Waals surface area contributed by atoms with Gasteiger partial charge in [0.25, 0.3) is 0 Å². The van der Waals surface area contributed by atoms with Crippen molar-refractivity contribution in [2.45, 2.75) is 32.7 Å². The van der Waals surface area contributed by atoms with E-state index in [0.717, 1.165) is 12.2 Å². The molecule has 0 fully saturated rings. The lowest BCUT2D eigenvalue weighted by Crippen LogP contribution is -2.37. The second-order valence-corrected chi connectivity index (χ2v) is 4.85. The van der Waals surface area contributed by atoms with E-state index < -0.39 is 0 Å². The highest BCUT2D eigenvalue weighted by molar-refractivity contribution is 5.33. The number of nitrogens with two attached hydrogens (primary N) is 1. The molecule has 1 aromatic carbocycles. The average molecular weight is 237 g/mol. The molecule has 2 N–H and O–H groups in total. The summed E-state index contributed by atoms with van der Waals surface area (Å²) >= 11 is 0. The number of benzene rings is 1. The lowest BCUT2D eigenvalue weighted by molar-refractivity contribution is 0.0722. The molecule has 0 heterocycles. The molecule has 0 bridgehead atoms. The predicted octanol–water partition coefficient (Wildman–Crippen LogP) is 2.38. The van der Waals surface area contributed by atoms with Gasteiger partial charge in [-0.3, -0.25) is 0 Å². The smallest absolute Gasteiger partial charge is 0.122 e. The summed E-state index contributed by atoms with van der Waals surface area (Å²) in [6.45, 7) is 7.69. The Morgan fingerprint density at radius 1 is 1.18 bits per heavy atom. The molecule has 3 nitrogen and oxygen atoms in total. The van der Waals surface area contributed by atoms with Gasteiger partial charge in [0.15, 0.2) is 0 Å². The molecule has 0 aliphatic heterocycles. The van der Waals surface area contributed by atoms with Gasteiger partial charge in [-0.05, 0) is 31.9 Å². The molecule has 1 aromatic rings. The van der Waals surface area contributed by atoms with Gasteiger partial charge in [-0.2, -0.15) is 0 Å². The van der Waals surface area contributed by atoms with Crippen LogP contribution in [0.2, 0.25) is 0 Å². The van der Waals surface area contributed by atoms with Crippen molar-refractivity contribution in [3.8, 4) is 5.75 Å². The predicted molar refractivity (Wildman–Crippen MR) is 70.4 cm³/mol. The second-order valence-electron chi connectivity index (χ2n) is 4.85. The third-order valence-corrected chi connectivity index (χ3v) is 2.31. The minimum atomic E-state index is -0.276. The van der Waals surface area contributed by atoms with Crippen LogP contribution < -0.4 is 10.5 Å². The van der Waals surface area contributed by atoms with E-state index in [1.54, 1.807) is 0 Å². The third-order valence-electron chi connectivity index (χ3n) is 2.31. The summed E-state index contributed by atoms with van der Waals surface area (Å²) in [5.74, 6) is 0.950. The first-order valence-corrected chi connectivity index (χ1v) is 6.10. The van der Waals surface area contributed by atoms with E-state index in [1.165, 1.54) is 5.56 Å². The van der Waals surface area contributed by atoms with Crippen LogP contribution in [0.1, 0.15) is 26.3 Å². The lowest BCUT2D eigenvalue weighted by Gasteiger charge is -2.18. The quantitative estimate of drug-likeness (QED) is 0.740. The molecule has 0 unspecified atom stereocenters. The van der Waals surface area contributed by atoms with Gasteiger partial charge in [0.2, 0.25) is 0 Å². The summed E-state index contributed by atoms with van der Waals surface area (Å²) in [6, 6.07) is 8.09. The van der Waals surface area contributed by atoms with Gasteiger partial charge in [0.05, 0.1) is 13.2 Å². The molecule has 0 aromatic heterocycles. The third kappa shape index (κ3) is 5.71. The summed E-state index contributed by atoms with van der Waals surface area (Å²) in [5.41, 5.74) is 6.76. The van der Waals surface area contributed by atoms with E-state index in [0.29, 0.717) is 19.8 Å². The van der Waals surface area contributed by atoms with E-state index in [4.69, 9.17) is 15.2 Å². The van der Waals surface area contributed by atoms with Crippen molar-refractivity contribution < 1.29 is 9.47 Å². The van der Waals surface area contributed by atoms with Crippen molar-refractivity contribution in [1.29, 1.82) is 0 Å². The van der Waals surface area contributed by atoms with Gasteiger partial charge >= 0.3 is 0 Å². The van der Waals surface area contributed by atoms with Crippen LogP contribution in [0.5, 0.6) is 5.75 Å².